The molecule has 0 spiro atoms. The van der Waals surface area contributed by atoms with Crippen LogP contribution in [0.3, 0.4) is 0 Å². The van der Waals surface area contributed by atoms with Gasteiger partial charge in [-0.15, -0.1) is 0 Å². The van der Waals surface area contributed by atoms with E-state index in [0.29, 0.717) is 11.6 Å². The summed E-state index contributed by atoms with van der Waals surface area (Å²) in [7, 11) is 0. The van der Waals surface area contributed by atoms with Crippen molar-refractivity contribution in [3.05, 3.63) is 35.9 Å². The Morgan fingerprint density at radius 3 is 2.55 bits per heavy atom. The van der Waals surface area contributed by atoms with Crippen molar-refractivity contribution in [3.63, 3.8) is 0 Å². The predicted octanol–water partition coefficient (Wildman–Crippen LogP) is 1.11. The number of benzene rings is 1. The predicted molar refractivity (Wildman–Crippen MR) is 84.6 cm³/mol. The van der Waals surface area contributed by atoms with E-state index >= 15 is 0 Å². The Hall–Kier alpha value is -1.88. The maximum absolute atomic E-state index is 12.2. The van der Waals surface area contributed by atoms with Crippen LogP contribution < -0.4 is 5.32 Å². The molecule has 1 aromatic carbocycles. The molecule has 22 heavy (non-hydrogen) atoms. The standard InChI is InChI=1S/C17H23N3O2/c21-16(12-18-17(22)14-6-2-1-3-7-14)20-11-8-15(13-20)19-9-4-5-10-19/h1-3,6-7,15H,4-5,8-13H2,(H,18,22). The molecule has 3 rings (SSSR count). The Labute approximate surface area is 131 Å². The average Bonchev–Trinajstić information content (AvgIpc) is 3.23. The molecule has 1 unspecified atom stereocenters. The monoisotopic (exact) mass is 301 g/mol. The lowest BCUT2D eigenvalue weighted by Gasteiger charge is -2.23. The zero-order valence-electron chi connectivity index (χ0n) is 12.8. The first-order valence-electron chi connectivity index (χ1n) is 8.09. The van der Waals surface area contributed by atoms with Crippen LogP contribution in [0.1, 0.15) is 29.6 Å². The number of hydrogen-bond donors (Lipinski definition) is 1. The molecule has 2 heterocycles. The third-order valence-electron chi connectivity index (χ3n) is 4.61. The van der Waals surface area contributed by atoms with Crippen molar-refractivity contribution in [2.24, 2.45) is 0 Å². The van der Waals surface area contributed by atoms with Crippen molar-refractivity contribution < 1.29 is 9.59 Å². The highest BCUT2D eigenvalue weighted by molar-refractivity contribution is 5.96. The lowest BCUT2D eigenvalue weighted by molar-refractivity contribution is -0.129. The number of rotatable bonds is 4. The fraction of sp³-hybridized carbons (Fsp3) is 0.529. The molecular weight excluding hydrogens is 278 g/mol. The van der Waals surface area contributed by atoms with Crippen LogP contribution in [0.5, 0.6) is 0 Å². The van der Waals surface area contributed by atoms with Gasteiger partial charge in [0.2, 0.25) is 5.91 Å². The van der Waals surface area contributed by atoms with E-state index in [9.17, 15) is 9.59 Å². The summed E-state index contributed by atoms with van der Waals surface area (Å²) in [6.45, 7) is 4.02. The first-order chi connectivity index (χ1) is 10.7. The zero-order valence-corrected chi connectivity index (χ0v) is 12.8. The van der Waals surface area contributed by atoms with E-state index in [0.717, 1.165) is 32.6 Å². The van der Waals surface area contributed by atoms with E-state index in [2.05, 4.69) is 10.2 Å². The van der Waals surface area contributed by atoms with Gasteiger partial charge in [-0.1, -0.05) is 18.2 Å². The van der Waals surface area contributed by atoms with Crippen LogP contribution >= 0.6 is 0 Å². The second-order valence-corrected chi connectivity index (χ2v) is 6.07. The first-order valence-corrected chi connectivity index (χ1v) is 8.09. The molecule has 0 aliphatic carbocycles. The summed E-state index contributed by atoms with van der Waals surface area (Å²) in [5.41, 5.74) is 0.590. The van der Waals surface area contributed by atoms with Crippen LogP contribution in [0.15, 0.2) is 30.3 Å². The van der Waals surface area contributed by atoms with Gasteiger partial charge in [0.15, 0.2) is 0 Å². The highest BCUT2D eigenvalue weighted by Gasteiger charge is 2.31. The number of hydrogen-bond acceptors (Lipinski definition) is 3. The van der Waals surface area contributed by atoms with E-state index in [4.69, 9.17) is 0 Å². The fourth-order valence-electron chi connectivity index (χ4n) is 3.33. The van der Waals surface area contributed by atoms with E-state index in [1.54, 1.807) is 12.1 Å². The zero-order chi connectivity index (χ0) is 15.4. The van der Waals surface area contributed by atoms with Crippen molar-refractivity contribution in [1.29, 1.82) is 0 Å². The summed E-state index contributed by atoms with van der Waals surface area (Å²) in [5, 5.41) is 2.72. The van der Waals surface area contributed by atoms with E-state index in [-0.39, 0.29) is 18.4 Å². The summed E-state index contributed by atoms with van der Waals surface area (Å²) in [5.74, 6) is -0.171. The van der Waals surface area contributed by atoms with Crippen molar-refractivity contribution in [3.8, 4) is 0 Å². The van der Waals surface area contributed by atoms with Gasteiger partial charge in [-0.05, 0) is 44.5 Å². The Bertz CT molecular complexity index is 526. The minimum absolute atomic E-state index is 0.0194. The van der Waals surface area contributed by atoms with Gasteiger partial charge in [0.05, 0.1) is 6.54 Å². The third kappa shape index (κ3) is 3.47. The number of nitrogens with zero attached hydrogens (tertiary/aromatic N) is 2. The van der Waals surface area contributed by atoms with Crippen molar-refractivity contribution in [1.82, 2.24) is 15.1 Å². The molecule has 5 nitrogen and oxygen atoms in total. The SMILES string of the molecule is O=C(NCC(=O)N1CCC(N2CCCC2)C1)c1ccccc1. The van der Waals surface area contributed by atoms with Crippen LogP contribution in [-0.4, -0.2) is 60.4 Å². The number of likely N-dealkylation sites (tertiary alicyclic amines) is 2. The number of carbonyl (C=O) groups excluding carboxylic acids is 2. The average molecular weight is 301 g/mol. The molecule has 2 fully saturated rings. The number of carbonyl (C=O) groups is 2. The molecule has 0 bridgehead atoms. The maximum atomic E-state index is 12.2. The molecular formula is C17H23N3O2. The quantitative estimate of drug-likeness (QED) is 0.906. The summed E-state index contributed by atoms with van der Waals surface area (Å²) in [6.07, 6.45) is 3.60. The molecule has 2 aliphatic heterocycles. The van der Waals surface area contributed by atoms with Crippen molar-refractivity contribution >= 4 is 11.8 Å². The molecule has 1 atom stereocenters. The van der Waals surface area contributed by atoms with Crippen molar-refractivity contribution in [2.75, 3.05) is 32.7 Å². The summed E-state index contributed by atoms with van der Waals surface area (Å²) < 4.78 is 0. The van der Waals surface area contributed by atoms with Gasteiger partial charge >= 0.3 is 0 Å². The molecule has 118 valence electrons. The van der Waals surface area contributed by atoms with Gasteiger partial charge in [-0.2, -0.15) is 0 Å². The Morgan fingerprint density at radius 1 is 1.09 bits per heavy atom. The molecule has 0 aromatic heterocycles. The molecule has 2 aliphatic rings. The van der Waals surface area contributed by atoms with Gasteiger partial charge in [-0.25, -0.2) is 0 Å². The van der Waals surface area contributed by atoms with Crippen LogP contribution in [-0.2, 0) is 4.79 Å². The van der Waals surface area contributed by atoms with Gasteiger partial charge in [0.1, 0.15) is 0 Å². The highest BCUT2D eigenvalue weighted by atomic mass is 16.2. The third-order valence-corrected chi connectivity index (χ3v) is 4.61. The molecule has 0 radical (unpaired) electrons. The van der Waals surface area contributed by atoms with E-state index in [1.165, 1.54) is 12.8 Å². The van der Waals surface area contributed by atoms with Crippen molar-refractivity contribution in [2.45, 2.75) is 25.3 Å². The molecule has 0 saturated carbocycles. The first kappa shape index (κ1) is 15.0. The fourth-order valence-corrected chi connectivity index (χ4v) is 3.33. The lowest BCUT2D eigenvalue weighted by Crippen LogP contribution is -2.41. The van der Waals surface area contributed by atoms with Crippen LogP contribution in [0.4, 0.5) is 0 Å². The Balaban J connectivity index is 1.45. The smallest absolute Gasteiger partial charge is 0.251 e. The van der Waals surface area contributed by atoms with Crippen LogP contribution in [0, 0.1) is 0 Å². The van der Waals surface area contributed by atoms with Crippen LogP contribution in [0.25, 0.3) is 0 Å². The second kappa shape index (κ2) is 6.92. The van der Waals surface area contributed by atoms with Gasteiger partial charge in [0, 0.05) is 24.7 Å². The summed E-state index contributed by atoms with van der Waals surface area (Å²) >= 11 is 0. The molecule has 1 N–H and O–H groups in total. The Morgan fingerprint density at radius 2 is 1.82 bits per heavy atom. The van der Waals surface area contributed by atoms with Gasteiger partial charge < -0.3 is 10.2 Å². The molecule has 2 saturated heterocycles. The Kier molecular flexibility index (Phi) is 4.73. The summed E-state index contributed by atoms with van der Waals surface area (Å²) in [4.78, 5) is 28.6. The normalized spacial score (nSPS) is 22.0. The van der Waals surface area contributed by atoms with Gasteiger partial charge in [-0.3, -0.25) is 14.5 Å². The second-order valence-electron chi connectivity index (χ2n) is 6.07. The van der Waals surface area contributed by atoms with Crippen LogP contribution in [0.2, 0.25) is 0 Å². The number of amides is 2. The number of nitrogens with one attached hydrogen (secondary N) is 1. The largest absolute Gasteiger partial charge is 0.343 e. The highest BCUT2D eigenvalue weighted by Crippen LogP contribution is 2.20. The van der Waals surface area contributed by atoms with E-state index in [1.807, 2.05) is 23.1 Å². The topological polar surface area (TPSA) is 52.7 Å². The van der Waals surface area contributed by atoms with Gasteiger partial charge in [0.25, 0.3) is 5.91 Å². The maximum Gasteiger partial charge on any atom is 0.251 e. The lowest BCUT2D eigenvalue weighted by atomic mass is 10.2. The molecule has 5 heteroatoms. The summed E-state index contributed by atoms with van der Waals surface area (Å²) in [6, 6.07) is 9.51. The van der Waals surface area contributed by atoms with E-state index < -0.39 is 0 Å². The molecule has 2 amide bonds. The minimum Gasteiger partial charge on any atom is -0.343 e. The molecule has 1 aromatic rings. The minimum atomic E-state index is -0.191.